The second-order valence-corrected chi connectivity index (χ2v) is 4.36. The molecule has 2 N–H and O–H groups in total. The number of nitrogens with zero attached hydrogens (tertiary/aromatic N) is 1. The first-order valence-corrected chi connectivity index (χ1v) is 4.63. The van der Waals surface area contributed by atoms with Gasteiger partial charge in [0.25, 0.3) is 0 Å². The lowest BCUT2D eigenvalue weighted by Gasteiger charge is -2.29. The van der Waals surface area contributed by atoms with Crippen LogP contribution in [-0.2, 0) is 4.74 Å². The molecular formula is C9H18N2O2. The lowest BCUT2D eigenvalue weighted by atomic mass is 10.1. The van der Waals surface area contributed by atoms with E-state index >= 15 is 0 Å². The summed E-state index contributed by atoms with van der Waals surface area (Å²) in [6.07, 6.45) is 0.515. The Hall–Kier alpha value is -0.770. The van der Waals surface area contributed by atoms with Crippen LogP contribution in [0.3, 0.4) is 0 Å². The molecule has 1 aliphatic heterocycles. The number of hydrogen-bond donors (Lipinski definition) is 1. The van der Waals surface area contributed by atoms with Gasteiger partial charge < -0.3 is 10.5 Å². The molecule has 76 valence electrons. The molecule has 0 radical (unpaired) electrons. The van der Waals surface area contributed by atoms with Crippen LogP contribution < -0.4 is 5.73 Å². The fraction of sp³-hybridized carbons (Fsp3) is 0.889. The predicted octanol–water partition coefficient (Wildman–Crippen LogP) is 0.954. The van der Waals surface area contributed by atoms with Crippen LogP contribution in [0.25, 0.3) is 0 Å². The van der Waals surface area contributed by atoms with Crippen molar-refractivity contribution < 1.29 is 9.53 Å². The fourth-order valence-corrected chi connectivity index (χ4v) is 1.41. The first-order valence-electron chi connectivity index (χ1n) is 4.63. The molecule has 4 nitrogen and oxygen atoms in total. The summed E-state index contributed by atoms with van der Waals surface area (Å²) in [6.45, 7) is 7.23. The molecule has 1 fully saturated rings. The Morgan fingerprint density at radius 2 is 2.23 bits per heavy atom. The highest BCUT2D eigenvalue weighted by Gasteiger charge is 2.37. The maximum atomic E-state index is 11.4. The standard InChI is InChI=1S/C9H18N2O2/c1-9(2,3)11-6-7(4-5-10)13-8(11)12/h7H,4-6,10H2,1-3H3. The molecule has 0 aromatic carbocycles. The van der Waals surface area contributed by atoms with E-state index in [4.69, 9.17) is 10.5 Å². The molecule has 0 aliphatic carbocycles. The van der Waals surface area contributed by atoms with Crippen LogP contribution in [0.1, 0.15) is 27.2 Å². The normalized spacial score (nSPS) is 23.5. The van der Waals surface area contributed by atoms with Gasteiger partial charge in [0.2, 0.25) is 0 Å². The van der Waals surface area contributed by atoms with Gasteiger partial charge in [-0.25, -0.2) is 4.79 Å². The lowest BCUT2D eigenvalue weighted by molar-refractivity contribution is 0.118. The van der Waals surface area contributed by atoms with Crippen molar-refractivity contribution in [2.75, 3.05) is 13.1 Å². The Bertz CT molecular complexity index is 198. The third kappa shape index (κ3) is 2.34. The number of ether oxygens (including phenoxy) is 1. The molecule has 0 aromatic heterocycles. The van der Waals surface area contributed by atoms with Crippen LogP contribution >= 0.6 is 0 Å². The predicted molar refractivity (Wildman–Crippen MR) is 50.4 cm³/mol. The minimum atomic E-state index is -0.217. The monoisotopic (exact) mass is 186 g/mol. The molecule has 0 bridgehead atoms. The van der Waals surface area contributed by atoms with Crippen molar-refractivity contribution in [3.05, 3.63) is 0 Å². The van der Waals surface area contributed by atoms with Gasteiger partial charge >= 0.3 is 6.09 Å². The van der Waals surface area contributed by atoms with Crippen molar-refractivity contribution in [2.45, 2.75) is 38.8 Å². The minimum absolute atomic E-state index is 0.0169. The molecule has 0 aromatic rings. The maximum Gasteiger partial charge on any atom is 0.410 e. The summed E-state index contributed by atoms with van der Waals surface area (Å²) in [4.78, 5) is 13.1. The van der Waals surface area contributed by atoms with Gasteiger partial charge in [-0.1, -0.05) is 0 Å². The first-order chi connectivity index (χ1) is 5.95. The SMILES string of the molecule is CC(C)(C)N1CC(CCN)OC1=O. The second kappa shape index (κ2) is 3.54. The quantitative estimate of drug-likeness (QED) is 0.698. The van der Waals surface area contributed by atoms with Crippen molar-refractivity contribution in [3.63, 3.8) is 0 Å². The van der Waals surface area contributed by atoms with E-state index in [1.54, 1.807) is 4.90 Å². The van der Waals surface area contributed by atoms with Gasteiger partial charge in [-0.2, -0.15) is 0 Å². The van der Waals surface area contributed by atoms with Crippen LogP contribution in [0.5, 0.6) is 0 Å². The second-order valence-electron chi connectivity index (χ2n) is 4.36. The van der Waals surface area contributed by atoms with Gasteiger partial charge in [-0.3, -0.25) is 4.90 Å². The van der Waals surface area contributed by atoms with E-state index < -0.39 is 0 Å². The van der Waals surface area contributed by atoms with E-state index in [-0.39, 0.29) is 17.7 Å². The van der Waals surface area contributed by atoms with Crippen LogP contribution in [0.4, 0.5) is 4.79 Å². The van der Waals surface area contributed by atoms with Crippen molar-refractivity contribution in [1.82, 2.24) is 4.90 Å². The molecule has 1 unspecified atom stereocenters. The Kier molecular flexibility index (Phi) is 2.81. The summed E-state index contributed by atoms with van der Waals surface area (Å²) in [7, 11) is 0. The molecule has 1 heterocycles. The van der Waals surface area contributed by atoms with E-state index in [1.165, 1.54) is 0 Å². The Morgan fingerprint density at radius 1 is 1.62 bits per heavy atom. The lowest BCUT2D eigenvalue weighted by Crippen LogP contribution is -2.42. The molecular weight excluding hydrogens is 168 g/mol. The first kappa shape index (κ1) is 10.3. The van der Waals surface area contributed by atoms with Gasteiger partial charge in [0.15, 0.2) is 0 Å². The van der Waals surface area contributed by atoms with E-state index in [0.717, 1.165) is 6.42 Å². The summed E-state index contributed by atoms with van der Waals surface area (Å²) in [5.41, 5.74) is 5.25. The zero-order valence-electron chi connectivity index (χ0n) is 8.54. The molecule has 1 aliphatic rings. The highest BCUT2D eigenvalue weighted by atomic mass is 16.6. The summed E-state index contributed by atoms with van der Waals surface area (Å²) < 4.78 is 5.15. The van der Waals surface area contributed by atoms with Gasteiger partial charge in [0, 0.05) is 5.54 Å². The summed E-state index contributed by atoms with van der Waals surface area (Å²) in [5.74, 6) is 0. The third-order valence-corrected chi connectivity index (χ3v) is 2.17. The maximum absolute atomic E-state index is 11.4. The van der Waals surface area contributed by atoms with E-state index in [0.29, 0.717) is 13.1 Å². The summed E-state index contributed by atoms with van der Waals surface area (Å²) >= 11 is 0. The van der Waals surface area contributed by atoms with Gasteiger partial charge in [0.1, 0.15) is 6.10 Å². The number of amides is 1. The zero-order chi connectivity index (χ0) is 10.1. The third-order valence-electron chi connectivity index (χ3n) is 2.17. The Morgan fingerprint density at radius 3 is 2.62 bits per heavy atom. The van der Waals surface area contributed by atoms with Gasteiger partial charge in [-0.05, 0) is 33.7 Å². The molecule has 13 heavy (non-hydrogen) atoms. The average molecular weight is 186 g/mol. The number of nitrogens with two attached hydrogens (primary N) is 1. The van der Waals surface area contributed by atoms with E-state index in [2.05, 4.69) is 0 Å². The van der Waals surface area contributed by atoms with Crippen LogP contribution in [0.15, 0.2) is 0 Å². The largest absolute Gasteiger partial charge is 0.444 e. The average Bonchev–Trinajstić information content (AvgIpc) is 2.30. The Labute approximate surface area is 79.0 Å². The number of hydrogen-bond acceptors (Lipinski definition) is 3. The summed E-state index contributed by atoms with van der Waals surface area (Å²) in [5, 5.41) is 0. The molecule has 0 saturated carbocycles. The number of carbonyl (C=O) groups excluding carboxylic acids is 1. The fourth-order valence-electron chi connectivity index (χ4n) is 1.41. The molecule has 1 atom stereocenters. The zero-order valence-corrected chi connectivity index (χ0v) is 8.54. The Balaban J connectivity index is 2.57. The molecule has 1 rings (SSSR count). The van der Waals surface area contributed by atoms with Crippen molar-refractivity contribution in [3.8, 4) is 0 Å². The van der Waals surface area contributed by atoms with E-state index in [9.17, 15) is 4.79 Å². The van der Waals surface area contributed by atoms with Crippen molar-refractivity contribution in [1.29, 1.82) is 0 Å². The molecule has 4 heteroatoms. The van der Waals surface area contributed by atoms with Crippen LogP contribution in [0.2, 0.25) is 0 Å². The number of carbonyl (C=O) groups is 1. The number of rotatable bonds is 2. The van der Waals surface area contributed by atoms with Crippen molar-refractivity contribution in [2.24, 2.45) is 5.73 Å². The number of cyclic esters (lactones) is 1. The highest BCUT2D eigenvalue weighted by molar-refractivity contribution is 5.70. The van der Waals surface area contributed by atoms with Gasteiger partial charge in [-0.15, -0.1) is 0 Å². The molecule has 1 amide bonds. The van der Waals surface area contributed by atoms with Crippen LogP contribution in [-0.4, -0.2) is 35.7 Å². The highest BCUT2D eigenvalue weighted by Crippen LogP contribution is 2.22. The topological polar surface area (TPSA) is 55.6 Å². The minimum Gasteiger partial charge on any atom is -0.444 e. The molecule has 0 spiro atoms. The van der Waals surface area contributed by atoms with E-state index in [1.807, 2.05) is 20.8 Å². The smallest absolute Gasteiger partial charge is 0.410 e. The van der Waals surface area contributed by atoms with Gasteiger partial charge in [0.05, 0.1) is 6.54 Å². The summed E-state index contributed by atoms with van der Waals surface area (Å²) in [6, 6.07) is 0. The van der Waals surface area contributed by atoms with Crippen LogP contribution in [0, 0.1) is 0 Å². The van der Waals surface area contributed by atoms with Crippen molar-refractivity contribution >= 4 is 6.09 Å². The molecule has 1 saturated heterocycles.